The molecular formula is C14H16N12O2S. The molecule has 29 heavy (non-hydrogen) atoms. The van der Waals surface area contributed by atoms with Crippen LogP contribution >= 0.6 is 0 Å². The first-order valence-electron chi connectivity index (χ1n) is 8.26. The van der Waals surface area contributed by atoms with E-state index in [9.17, 15) is 13.7 Å². The normalized spacial score (nSPS) is 20.1. The third-order valence-electron chi connectivity index (χ3n) is 4.24. The molecule has 1 aliphatic rings. The maximum Gasteiger partial charge on any atom is 0.313 e. The number of nitrogens with one attached hydrogen (secondary N) is 3. The van der Waals surface area contributed by atoms with E-state index in [-0.39, 0.29) is 6.42 Å². The number of aromatic amines is 1. The lowest BCUT2D eigenvalue weighted by atomic mass is 10.2. The smallest absolute Gasteiger partial charge is 0.313 e. The van der Waals surface area contributed by atoms with Gasteiger partial charge in [0.15, 0.2) is 0 Å². The third-order valence-corrected chi connectivity index (χ3v) is 5.80. The van der Waals surface area contributed by atoms with Crippen LogP contribution in [0, 0.1) is 11.3 Å². The summed E-state index contributed by atoms with van der Waals surface area (Å²) in [6, 6.07) is 3.82. The SMILES string of the molecule is CN(C)S(=O)(=O)N1NN=NC(CC#N)(n2cc(-c3ncnc4[nH]ccc34)cn2)N1. The number of aromatic nitrogens is 5. The molecule has 0 saturated heterocycles. The molecule has 3 aromatic heterocycles. The highest BCUT2D eigenvalue weighted by molar-refractivity contribution is 7.86. The van der Waals surface area contributed by atoms with Crippen molar-refractivity contribution < 1.29 is 8.42 Å². The number of hydrogen-bond donors (Lipinski definition) is 3. The Morgan fingerprint density at radius 3 is 2.93 bits per heavy atom. The van der Waals surface area contributed by atoms with Crippen LogP contribution in [0.3, 0.4) is 0 Å². The van der Waals surface area contributed by atoms with Gasteiger partial charge in [0, 0.05) is 37.4 Å². The Kier molecular flexibility index (Phi) is 4.47. The molecule has 0 spiro atoms. The van der Waals surface area contributed by atoms with Crippen LogP contribution in [0.2, 0.25) is 0 Å². The Morgan fingerprint density at radius 2 is 2.17 bits per heavy atom. The summed E-state index contributed by atoms with van der Waals surface area (Å²) < 4.78 is 27.9. The van der Waals surface area contributed by atoms with Gasteiger partial charge in [-0.15, -0.1) is 5.11 Å². The van der Waals surface area contributed by atoms with Crippen LogP contribution in [-0.2, 0) is 16.0 Å². The van der Waals surface area contributed by atoms with Gasteiger partial charge in [0.25, 0.3) is 5.79 Å². The van der Waals surface area contributed by atoms with Crippen molar-refractivity contribution in [3.05, 3.63) is 31.0 Å². The zero-order valence-corrected chi connectivity index (χ0v) is 16.2. The summed E-state index contributed by atoms with van der Waals surface area (Å²) in [7, 11) is -1.23. The summed E-state index contributed by atoms with van der Waals surface area (Å²) in [5.41, 5.74) is 6.85. The van der Waals surface area contributed by atoms with Crippen LogP contribution in [0.5, 0.6) is 0 Å². The molecule has 3 N–H and O–H groups in total. The highest BCUT2D eigenvalue weighted by Crippen LogP contribution is 2.28. The van der Waals surface area contributed by atoms with Gasteiger partial charge in [-0.1, -0.05) is 5.22 Å². The van der Waals surface area contributed by atoms with Crippen molar-refractivity contribution in [2.75, 3.05) is 14.1 Å². The molecule has 14 nitrogen and oxygen atoms in total. The first kappa shape index (κ1) is 18.9. The number of nitrogens with zero attached hydrogens (tertiary/aromatic N) is 9. The van der Waals surface area contributed by atoms with E-state index in [1.54, 1.807) is 12.4 Å². The number of fused-ring (bicyclic) bond motifs is 1. The lowest BCUT2D eigenvalue weighted by molar-refractivity contribution is 0.0318. The van der Waals surface area contributed by atoms with E-state index in [0.29, 0.717) is 21.4 Å². The average molecular weight is 416 g/mol. The number of H-pyrrole nitrogens is 1. The predicted molar refractivity (Wildman–Crippen MR) is 98.9 cm³/mol. The van der Waals surface area contributed by atoms with E-state index >= 15 is 0 Å². The average Bonchev–Trinajstić information content (AvgIpc) is 3.38. The van der Waals surface area contributed by atoms with Crippen molar-refractivity contribution >= 4 is 21.2 Å². The molecule has 0 bridgehead atoms. The molecule has 0 aliphatic carbocycles. The molecule has 0 amide bonds. The van der Waals surface area contributed by atoms with Crippen molar-refractivity contribution in [2.45, 2.75) is 12.2 Å². The maximum atomic E-state index is 12.4. The van der Waals surface area contributed by atoms with Crippen LogP contribution in [0.1, 0.15) is 6.42 Å². The largest absolute Gasteiger partial charge is 0.346 e. The van der Waals surface area contributed by atoms with E-state index in [2.05, 4.69) is 41.3 Å². The van der Waals surface area contributed by atoms with Crippen molar-refractivity contribution in [1.29, 1.82) is 5.26 Å². The Balaban J connectivity index is 1.76. The lowest BCUT2D eigenvalue weighted by Gasteiger charge is -2.36. The standard InChI is InChI=1S/C14H16N12O2S/c1-24(2)29(27,28)26-21-14(4-5-15,20-22-23-26)25-8-10(7-19-25)12-11-3-6-16-13(11)18-9-17-12/h3,6-9,21H,4H2,1-2H3,(H,20,23)(H,16,17,18). The van der Waals surface area contributed by atoms with E-state index < -0.39 is 16.0 Å². The molecule has 15 heteroatoms. The van der Waals surface area contributed by atoms with E-state index in [0.717, 1.165) is 9.69 Å². The highest BCUT2D eigenvalue weighted by Gasteiger charge is 2.42. The zero-order valence-electron chi connectivity index (χ0n) is 15.3. The van der Waals surface area contributed by atoms with Crippen molar-refractivity contribution in [3.8, 4) is 17.3 Å². The Labute approximate surface area is 165 Å². The van der Waals surface area contributed by atoms with Crippen LogP contribution < -0.4 is 11.0 Å². The first-order valence-corrected chi connectivity index (χ1v) is 9.66. The van der Waals surface area contributed by atoms with Gasteiger partial charge >= 0.3 is 10.2 Å². The van der Waals surface area contributed by atoms with Crippen molar-refractivity contribution in [2.24, 2.45) is 10.3 Å². The minimum Gasteiger partial charge on any atom is -0.346 e. The van der Waals surface area contributed by atoms with Crippen LogP contribution in [0.25, 0.3) is 22.3 Å². The highest BCUT2D eigenvalue weighted by atomic mass is 32.2. The summed E-state index contributed by atoms with van der Waals surface area (Å²) in [5.74, 6) is -1.58. The molecule has 150 valence electrons. The fraction of sp³-hybridized carbons (Fsp3) is 0.286. The zero-order chi connectivity index (χ0) is 20.6. The first-order chi connectivity index (χ1) is 13.9. The fourth-order valence-electron chi connectivity index (χ4n) is 2.74. The van der Waals surface area contributed by atoms with Crippen molar-refractivity contribution in [1.82, 2.24) is 44.5 Å². The Morgan fingerprint density at radius 1 is 1.34 bits per heavy atom. The van der Waals surface area contributed by atoms with Gasteiger partial charge in [0.1, 0.15) is 12.0 Å². The number of nitriles is 1. The van der Waals surface area contributed by atoms with Gasteiger partial charge in [0.05, 0.1) is 24.4 Å². The van der Waals surface area contributed by atoms with Gasteiger partial charge < -0.3 is 4.98 Å². The van der Waals surface area contributed by atoms with Gasteiger partial charge in [-0.3, -0.25) is 0 Å². The van der Waals surface area contributed by atoms with Gasteiger partial charge in [0.2, 0.25) is 0 Å². The molecule has 4 heterocycles. The van der Waals surface area contributed by atoms with E-state index in [1.165, 1.54) is 31.3 Å². The minimum absolute atomic E-state index is 0.248. The number of hydrazine groups is 2. The number of hydrogen-bond acceptors (Lipinski definition) is 10. The molecule has 0 aromatic carbocycles. The summed E-state index contributed by atoms with van der Waals surface area (Å²) in [5, 5.41) is 22.1. The molecule has 1 unspecified atom stereocenters. The molecular weight excluding hydrogens is 400 g/mol. The summed E-state index contributed by atoms with van der Waals surface area (Å²) in [6.07, 6.45) is 6.06. The van der Waals surface area contributed by atoms with Gasteiger partial charge in [-0.25, -0.2) is 14.6 Å². The van der Waals surface area contributed by atoms with Crippen LogP contribution in [0.15, 0.2) is 41.3 Å². The molecule has 1 atom stereocenters. The predicted octanol–water partition coefficient (Wildman–Crippen LogP) is -0.156. The second-order valence-electron chi connectivity index (χ2n) is 6.25. The fourth-order valence-corrected chi connectivity index (χ4v) is 3.47. The Hall–Kier alpha value is -3.45. The molecule has 0 saturated carbocycles. The second-order valence-corrected chi connectivity index (χ2v) is 8.24. The third kappa shape index (κ3) is 3.09. The van der Waals surface area contributed by atoms with E-state index in [4.69, 9.17) is 0 Å². The second kappa shape index (κ2) is 6.86. The summed E-state index contributed by atoms with van der Waals surface area (Å²) in [4.78, 5) is 11.5. The molecule has 0 radical (unpaired) electrons. The molecule has 4 rings (SSSR count). The van der Waals surface area contributed by atoms with Crippen LogP contribution in [0.4, 0.5) is 0 Å². The topological polar surface area (TPSA) is 173 Å². The Bertz CT molecular complexity index is 1220. The molecule has 0 fully saturated rings. The molecule has 3 aromatic rings. The number of rotatable bonds is 5. The minimum atomic E-state index is -3.95. The van der Waals surface area contributed by atoms with Gasteiger partial charge in [-0.2, -0.15) is 34.0 Å². The molecule has 1 aliphatic heterocycles. The summed E-state index contributed by atoms with van der Waals surface area (Å²) >= 11 is 0. The van der Waals surface area contributed by atoms with Gasteiger partial charge in [-0.05, 0) is 10.6 Å². The maximum absolute atomic E-state index is 12.4. The lowest BCUT2D eigenvalue weighted by Crippen LogP contribution is -2.64. The summed E-state index contributed by atoms with van der Waals surface area (Å²) in [6.45, 7) is 0. The van der Waals surface area contributed by atoms with E-state index in [1.807, 2.05) is 12.1 Å². The van der Waals surface area contributed by atoms with Crippen LogP contribution in [-0.4, -0.2) is 56.1 Å². The monoisotopic (exact) mass is 416 g/mol. The quantitative estimate of drug-likeness (QED) is 0.514. The van der Waals surface area contributed by atoms with Crippen molar-refractivity contribution in [3.63, 3.8) is 0 Å².